The fourth-order valence-electron chi connectivity index (χ4n) is 3.26. The van der Waals surface area contributed by atoms with Gasteiger partial charge in [0.15, 0.2) is 5.69 Å². The van der Waals surface area contributed by atoms with E-state index >= 15 is 0 Å². The molecule has 1 aromatic carbocycles. The van der Waals surface area contributed by atoms with E-state index in [1.54, 1.807) is 0 Å². The fraction of sp³-hybridized carbons (Fsp3) is 0.474. The van der Waals surface area contributed by atoms with Crippen molar-refractivity contribution in [1.29, 1.82) is 0 Å². The first-order valence-corrected chi connectivity index (χ1v) is 8.87. The summed E-state index contributed by atoms with van der Waals surface area (Å²) in [5.41, 5.74) is 5.27. The minimum atomic E-state index is -0.0480. The van der Waals surface area contributed by atoms with Crippen LogP contribution in [0.1, 0.15) is 47.1 Å². The van der Waals surface area contributed by atoms with Gasteiger partial charge >= 0.3 is 0 Å². The zero-order chi connectivity index (χ0) is 16.9. The van der Waals surface area contributed by atoms with Gasteiger partial charge in [0, 0.05) is 17.8 Å². The smallest absolute Gasteiger partial charge is 0.272 e. The molecule has 0 atom stereocenters. The monoisotopic (exact) mass is 362 g/mol. The highest BCUT2D eigenvalue weighted by Crippen LogP contribution is 2.28. The molecular formula is C19H27ClN4O. The standard InChI is InChI=1S/C19H26N4O.ClH/c1-3-14-8-10-15(11-9-14)23-17-7-4-6-16(17)18(22-23)19(24)21-13-5-12-20-2;/h8-11,20H,3-7,12-13H2,1-2H3,(H,21,24);1H. The number of aryl methyl sites for hydroxylation is 1. The Morgan fingerprint density at radius 1 is 1.20 bits per heavy atom. The van der Waals surface area contributed by atoms with Crippen LogP contribution in [0.25, 0.3) is 5.69 Å². The molecule has 136 valence electrons. The highest BCUT2D eigenvalue weighted by molar-refractivity contribution is 5.94. The Morgan fingerprint density at radius 2 is 1.96 bits per heavy atom. The quantitative estimate of drug-likeness (QED) is 0.744. The van der Waals surface area contributed by atoms with Crippen molar-refractivity contribution in [2.24, 2.45) is 0 Å². The molecule has 0 bridgehead atoms. The third kappa shape index (κ3) is 4.22. The summed E-state index contributed by atoms with van der Waals surface area (Å²) in [5.74, 6) is -0.0480. The summed E-state index contributed by atoms with van der Waals surface area (Å²) in [5, 5.41) is 10.7. The number of nitrogens with one attached hydrogen (secondary N) is 2. The van der Waals surface area contributed by atoms with Crippen molar-refractivity contribution in [3.05, 3.63) is 46.8 Å². The van der Waals surface area contributed by atoms with Crippen LogP contribution in [0.2, 0.25) is 0 Å². The van der Waals surface area contributed by atoms with Crippen molar-refractivity contribution in [3.8, 4) is 5.69 Å². The second kappa shape index (κ2) is 9.02. The van der Waals surface area contributed by atoms with E-state index in [9.17, 15) is 4.79 Å². The molecule has 0 radical (unpaired) electrons. The molecule has 25 heavy (non-hydrogen) atoms. The Bertz CT molecular complexity index is 709. The summed E-state index contributed by atoms with van der Waals surface area (Å²) < 4.78 is 1.96. The number of carbonyl (C=O) groups excluding carboxylic acids is 1. The van der Waals surface area contributed by atoms with Gasteiger partial charge in [-0.3, -0.25) is 4.79 Å². The molecule has 5 nitrogen and oxygen atoms in total. The Morgan fingerprint density at radius 3 is 2.64 bits per heavy atom. The van der Waals surface area contributed by atoms with E-state index in [1.807, 2.05) is 11.7 Å². The lowest BCUT2D eigenvalue weighted by molar-refractivity contribution is 0.0947. The number of carbonyl (C=O) groups is 1. The number of halogens is 1. The second-order valence-corrected chi connectivity index (χ2v) is 6.27. The van der Waals surface area contributed by atoms with Crippen molar-refractivity contribution in [1.82, 2.24) is 20.4 Å². The minimum absolute atomic E-state index is 0. The molecule has 1 heterocycles. The number of aromatic nitrogens is 2. The van der Waals surface area contributed by atoms with Crippen LogP contribution < -0.4 is 10.6 Å². The molecule has 1 aliphatic rings. The van der Waals surface area contributed by atoms with Crippen LogP contribution in [0.5, 0.6) is 0 Å². The maximum atomic E-state index is 12.5. The van der Waals surface area contributed by atoms with Gasteiger partial charge < -0.3 is 10.6 Å². The van der Waals surface area contributed by atoms with Crippen molar-refractivity contribution < 1.29 is 4.79 Å². The maximum absolute atomic E-state index is 12.5. The summed E-state index contributed by atoms with van der Waals surface area (Å²) in [6.07, 6.45) is 4.98. The zero-order valence-electron chi connectivity index (χ0n) is 15.0. The van der Waals surface area contributed by atoms with Crippen molar-refractivity contribution in [2.45, 2.75) is 39.0 Å². The molecule has 0 aliphatic heterocycles. The molecule has 3 rings (SSSR count). The zero-order valence-corrected chi connectivity index (χ0v) is 15.8. The Hall–Kier alpha value is -1.85. The SMILES string of the molecule is CCc1ccc(-n2nc(C(=O)NCCCNC)c3c2CCC3)cc1.Cl. The molecular weight excluding hydrogens is 336 g/mol. The van der Waals surface area contributed by atoms with Gasteiger partial charge in [-0.05, 0) is 63.4 Å². The number of hydrogen-bond donors (Lipinski definition) is 2. The van der Waals surface area contributed by atoms with Crippen LogP contribution in [0.3, 0.4) is 0 Å². The van der Waals surface area contributed by atoms with Gasteiger partial charge in [-0.15, -0.1) is 12.4 Å². The first kappa shape index (κ1) is 19.5. The van der Waals surface area contributed by atoms with Gasteiger partial charge in [0.25, 0.3) is 5.91 Å². The van der Waals surface area contributed by atoms with Crippen LogP contribution in [0.15, 0.2) is 24.3 Å². The number of benzene rings is 1. The predicted octanol–water partition coefficient (Wildman–Crippen LogP) is 2.68. The maximum Gasteiger partial charge on any atom is 0.272 e. The molecule has 1 aliphatic carbocycles. The molecule has 2 aromatic rings. The largest absolute Gasteiger partial charge is 0.351 e. The number of fused-ring (bicyclic) bond motifs is 1. The number of nitrogens with zero attached hydrogens (tertiary/aromatic N) is 2. The molecule has 0 spiro atoms. The molecule has 0 fully saturated rings. The average molecular weight is 363 g/mol. The van der Waals surface area contributed by atoms with E-state index < -0.39 is 0 Å². The fourth-order valence-corrected chi connectivity index (χ4v) is 3.26. The van der Waals surface area contributed by atoms with Gasteiger partial charge in [-0.25, -0.2) is 4.68 Å². The highest BCUT2D eigenvalue weighted by Gasteiger charge is 2.26. The lowest BCUT2D eigenvalue weighted by Crippen LogP contribution is -2.27. The Kier molecular flexibility index (Phi) is 7.02. The normalized spacial score (nSPS) is 12.6. The van der Waals surface area contributed by atoms with Gasteiger partial charge in [0.1, 0.15) is 0 Å². The van der Waals surface area contributed by atoms with Gasteiger partial charge in [0.2, 0.25) is 0 Å². The summed E-state index contributed by atoms with van der Waals surface area (Å²) >= 11 is 0. The Labute approximate surface area is 155 Å². The average Bonchev–Trinajstić information content (AvgIpc) is 3.21. The van der Waals surface area contributed by atoms with E-state index in [1.165, 1.54) is 11.3 Å². The molecule has 1 aromatic heterocycles. The van der Waals surface area contributed by atoms with Gasteiger partial charge in [-0.1, -0.05) is 19.1 Å². The van der Waals surface area contributed by atoms with Crippen molar-refractivity contribution in [2.75, 3.05) is 20.1 Å². The number of rotatable bonds is 7. The summed E-state index contributed by atoms with van der Waals surface area (Å²) in [4.78, 5) is 12.5. The van der Waals surface area contributed by atoms with Crippen LogP contribution in [-0.2, 0) is 19.3 Å². The summed E-state index contributed by atoms with van der Waals surface area (Å²) in [6.45, 7) is 3.72. The molecule has 0 saturated heterocycles. The van der Waals surface area contributed by atoms with Crippen LogP contribution in [-0.4, -0.2) is 35.8 Å². The van der Waals surface area contributed by atoms with E-state index in [-0.39, 0.29) is 18.3 Å². The molecule has 1 amide bonds. The van der Waals surface area contributed by atoms with E-state index in [2.05, 4.69) is 46.9 Å². The number of hydrogen-bond acceptors (Lipinski definition) is 3. The lowest BCUT2D eigenvalue weighted by Gasteiger charge is -2.06. The van der Waals surface area contributed by atoms with Crippen molar-refractivity contribution in [3.63, 3.8) is 0 Å². The molecule has 0 saturated carbocycles. The third-order valence-electron chi connectivity index (χ3n) is 4.62. The number of amides is 1. The minimum Gasteiger partial charge on any atom is -0.351 e. The van der Waals surface area contributed by atoms with Crippen LogP contribution in [0, 0.1) is 0 Å². The topological polar surface area (TPSA) is 59.0 Å². The van der Waals surface area contributed by atoms with Gasteiger partial charge in [0.05, 0.1) is 5.69 Å². The summed E-state index contributed by atoms with van der Waals surface area (Å²) in [7, 11) is 1.92. The van der Waals surface area contributed by atoms with E-state index in [4.69, 9.17) is 0 Å². The third-order valence-corrected chi connectivity index (χ3v) is 4.62. The summed E-state index contributed by atoms with van der Waals surface area (Å²) in [6, 6.07) is 8.46. The van der Waals surface area contributed by atoms with Crippen LogP contribution >= 0.6 is 12.4 Å². The Balaban J connectivity index is 0.00000225. The lowest BCUT2D eigenvalue weighted by atomic mass is 10.1. The van der Waals surface area contributed by atoms with Gasteiger partial charge in [-0.2, -0.15) is 5.10 Å². The molecule has 2 N–H and O–H groups in total. The van der Waals surface area contributed by atoms with E-state index in [0.29, 0.717) is 12.2 Å². The first-order chi connectivity index (χ1) is 11.7. The van der Waals surface area contributed by atoms with E-state index in [0.717, 1.165) is 49.9 Å². The van der Waals surface area contributed by atoms with Crippen LogP contribution in [0.4, 0.5) is 0 Å². The predicted molar refractivity (Wildman–Crippen MR) is 103 cm³/mol. The second-order valence-electron chi connectivity index (χ2n) is 6.27. The molecule has 0 unspecified atom stereocenters. The van der Waals surface area contributed by atoms with Crippen molar-refractivity contribution >= 4 is 18.3 Å². The highest BCUT2D eigenvalue weighted by atomic mass is 35.5. The molecule has 6 heteroatoms. The first-order valence-electron chi connectivity index (χ1n) is 8.87.